The van der Waals surface area contributed by atoms with Crippen molar-refractivity contribution < 1.29 is 14.2 Å². The summed E-state index contributed by atoms with van der Waals surface area (Å²) in [4.78, 5) is 2.23. The quantitative estimate of drug-likeness (QED) is 0.913. The molecule has 1 saturated heterocycles. The number of nitrogens with zero attached hydrogens (tertiary/aromatic N) is 1. The third kappa shape index (κ3) is 3.62. The maximum absolute atomic E-state index is 13.5. The van der Waals surface area contributed by atoms with Crippen LogP contribution >= 0.6 is 11.6 Å². The number of aliphatic hydroxyl groups excluding tert-OH is 1. The molecule has 2 atom stereocenters. The molecule has 128 valence electrons. The van der Waals surface area contributed by atoms with Gasteiger partial charge in [0.1, 0.15) is 11.9 Å². The number of ether oxygens (including phenoxy) is 1. The Labute approximate surface area is 146 Å². The molecular weight excluding hydrogens is 329 g/mol. The number of rotatable bonds is 4. The first-order valence-corrected chi connectivity index (χ1v) is 8.44. The number of hydrogen-bond acceptors (Lipinski definition) is 3. The van der Waals surface area contributed by atoms with Crippen molar-refractivity contribution in [3.8, 4) is 0 Å². The number of aliphatic hydroxyl groups is 1. The fraction of sp³-hybridized carbons (Fsp3) is 0.368. The Morgan fingerprint density at radius 2 is 2.08 bits per heavy atom. The smallest absolute Gasteiger partial charge is 0.126 e. The van der Waals surface area contributed by atoms with E-state index in [4.69, 9.17) is 16.3 Å². The summed E-state index contributed by atoms with van der Waals surface area (Å²) in [5.74, 6) is -0.198. The summed E-state index contributed by atoms with van der Waals surface area (Å²) >= 11 is 6.38. The molecule has 1 N–H and O–H groups in total. The molecular formula is C19H21ClFNO2. The number of halogens is 2. The molecule has 3 nitrogen and oxygen atoms in total. The average molecular weight is 350 g/mol. The van der Waals surface area contributed by atoms with Gasteiger partial charge in [0, 0.05) is 18.1 Å². The lowest BCUT2D eigenvalue weighted by Gasteiger charge is -2.41. The Bertz CT molecular complexity index is 710. The van der Waals surface area contributed by atoms with Crippen molar-refractivity contribution in [2.75, 3.05) is 19.8 Å². The van der Waals surface area contributed by atoms with Crippen LogP contribution in [0.2, 0.25) is 5.02 Å². The summed E-state index contributed by atoms with van der Waals surface area (Å²) in [5.41, 5.74) is 2.61. The first-order chi connectivity index (χ1) is 11.6. The molecule has 0 saturated carbocycles. The predicted octanol–water partition coefficient (Wildman–Crippen LogP) is 3.72. The van der Waals surface area contributed by atoms with Crippen LogP contribution in [0.3, 0.4) is 0 Å². The molecule has 5 heteroatoms. The zero-order chi connectivity index (χ0) is 17.1. The second kappa shape index (κ2) is 7.62. The minimum atomic E-state index is -0.333. The number of morpholine rings is 1. The van der Waals surface area contributed by atoms with Crippen molar-refractivity contribution in [3.05, 3.63) is 70.0 Å². The molecule has 0 aromatic heterocycles. The van der Waals surface area contributed by atoms with Crippen molar-refractivity contribution in [1.82, 2.24) is 4.90 Å². The van der Waals surface area contributed by atoms with Crippen molar-refractivity contribution in [3.63, 3.8) is 0 Å². The first kappa shape index (κ1) is 17.4. The molecule has 1 aliphatic rings. The zero-order valence-electron chi connectivity index (χ0n) is 13.6. The highest BCUT2D eigenvalue weighted by Crippen LogP contribution is 2.34. The molecule has 24 heavy (non-hydrogen) atoms. The monoisotopic (exact) mass is 349 g/mol. The lowest BCUT2D eigenvalue weighted by atomic mass is 9.97. The van der Waals surface area contributed by atoms with Crippen molar-refractivity contribution in [2.45, 2.75) is 25.6 Å². The van der Waals surface area contributed by atoms with Crippen LogP contribution < -0.4 is 0 Å². The van der Waals surface area contributed by atoms with Gasteiger partial charge in [-0.05, 0) is 35.7 Å². The number of hydrogen-bond donors (Lipinski definition) is 1. The molecule has 0 unspecified atom stereocenters. The maximum atomic E-state index is 13.5. The largest absolute Gasteiger partial charge is 0.394 e. The highest BCUT2D eigenvalue weighted by molar-refractivity contribution is 6.31. The van der Waals surface area contributed by atoms with Gasteiger partial charge in [-0.3, -0.25) is 4.90 Å². The van der Waals surface area contributed by atoms with Gasteiger partial charge in [-0.25, -0.2) is 4.39 Å². The van der Waals surface area contributed by atoms with Crippen LogP contribution in [-0.2, 0) is 11.3 Å². The van der Waals surface area contributed by atoms with Crippen LogP contribution in [0.25, 0.3) is 0 Å². The molecule has 0 amide bonds. The molecule has 0 radical (unpaired) electrons. The van der Waals surface area contributed by atoms with E-state index in [0.717, 1.165) is 17.7 Å². The van der Waals surface area contributed by atoms with E-state index >= 15 is 0 Å². The van der Waals surface area contributed by atoms with Gasteiger partial charge in [-0.2, -0.15) is 0 Å². The molecule has 2 aromatic carbocycles. The Morgan fingerprint density at radius 3 is 2.79 bits per heavy atom. The fourth-order valence-corrected chi connectivity index (χ4v) is 3.52. The minimum absolute atomic E-state index is 0.0746. The van der Waals surface area contributed by atoms with Gasteiger partial charge >= 0.3 is 0 Å². The third-order valence-electron chi connectivity index (χ3n) is 4.47. The van der Waals surface area contributed by atoms with Gasteiger partial charge in [0.25, 0.3) is 0 Å². The van der Waals surface area contributed by atoms with Crippen LogP contribution in [0.1, 0.15) is 22.7 Å². The zero-order valence-corrected chi connectivity index (χ0v) is 14.3. The first-order valence-electron chi connectivity index (χ1n) is 8.06. The molecule has 1 heterocycles. The molecule has 0 aliphatic carbocycles. The molecule has 1 fully saturated rings. The second-order valence-corrected chi connectivity index (χ2v) is 6.52. The van der Waals surface area contributed by atoms with Crippen molar-refractivity contribution >= 4 is 11.6 Å². The van der Waals surface area contributed by atoms with Crippen LogP contribution in [-0.4, -0.2) is 35.9 Å². The van der Waals surface area contributed by atoms with Gasteiger partial charge in [-0.1, -0.05) is 41.9 Å². The highest BCUT2D eigenvalue weighted by atomic mass is 35.5. The summed E-state index contributed by atoms with van der Waals surface area (Å²) in [6, 6.07) is 12.7. The van der Waals surface area contributed by atoms with E-state index in [9.17, 15) is 9.50 Å². The SMILES string of the molecule is Cc1cc(CN2CCO[C@@H](CO)[C@@H]2c2ccccc2Cl)ccc1F. The van der Waals surface area contributed by atoms with E-state index in [1.54, 1.807) is 13.0 Å². The second-order valence-electron chi connectivity index (χ2n) is 6.11. The molecule has 0 spiro atoms. The van der Waals surface area contributed by atoms with Crippen LogP contribution in [0.5, 0.6) is 0 Å². The highest BCUT2D eigenvalue weighted by Gasteiger charge is 2.34. The topological polar surface area (TPSA) is 32.7 Å². The van der Waals surface area contributed by atoms with E-state index in [1.165, 1.54) is 6.07 Å². The van der Waals surface area contributed by atoms with Gasteiger partial charge in [-0.15, -0.1) is 0 Å². The van der Waals surface area contributed by atoms with Gasteiger partial charge < -0.3 is 9.84 Å². The number of benzene rings is 2. The minimum Gasteiger partial charge on any atom is -0.394 e. The Kier molecular flexibility index (Phi) is 5.51. The average Bonchev–Trinajstić information content (AvgIpc) is 2.59. The van der Waals surface area contributed by atoms with Crippen molar-refractivity contribution in [1.29, 1.82) is 0 Å². The van der Waals surface area contributed by atoms with E-state index in [1.807, 2.05) is 30.3 Å². The van der Waals surface area contributed by atoms with Crippen molar-refractivity contribution in [2.24, 2.45) is 0 Å². The van der Waals surface area contributed by atoms with Gasteiger partial charge in [0.2, 0.25) is 0 Å². The standard InChI is InChI=1S/C19H21ClFNO2/c1-13-10-14(6-7-17(13)21)11-22-8-9-24-18(12-23)19(22)15-4-2-3-5-16(15)20/h2-7,10,18-19,23H,8-9,11-12H2,1H3/t18-,19-/m0/s1. The maximum Gasteiger partial charge on any atom is 0.126 e. The summed E-state index contributed by atoms with van der Waals surface area (Å²) in [7, 11) is 0. The fourth-order valence-electron chi connectivity index (χ4n) is 3.27. The van der Waals surface area contributed by atoms with Gasteiger partial charge in [0.05, 0.1) is 19.3 Å². The molecule has 2 aromatic rings. The molecule has 3 rings (SSSR count). The van der Waals surface area contributed by atoms with Crippen LogP contribution in [0.4, 0.5) is 4.39 Å². The summed E-state index contributed by atoms with van der Waals surface area (Å²) in [6.45, 7) is 3.61. The van der Waals surface area contributed by atoms with E-state index < -0.39 is 0 Å². The lowest BCUT2D eigenvalue weighted by Crippen LogP contribution is -2.46. The Hall–Kier alpha value is -1.46. The van der Waals surface area contributed by atoms with E-state index in [-0.39, 0.29) is 24.6 Å². The predicted molar refractivity (Wildman–Crippen MR) is 92.6 cm³/mol. The van der Waals surface area contributed by atoms with Crippen LogP contribution in [0, 0.1) is 12.7 Å². The van der Waals surface area contributed by atoms with E-state index in [0.29, 0.717) is 23.7 Å². The summed E-state index contributed by atoms with van der Waals surface area (Å²) in [6.07, 6.45) is -0.333. The van der Waals surface area contributed by atoms with E-state index in [2.05, 4.69) is 4.90 Å². The van der Waals surface area contributed by atoms with Crippen LogP contribution in [0.15, 0.2) is 42.5 Å². The Morgan fingerprint density at radius 1 is 1.29 bits per heavy atom. The third-order valence-corrected chi connectivity index (χ3v) is 4.81. The molecule has 0 bridgehead atoms. The number of aryl methyl sites for hydroxylation is 1. The molecule has 1 aliphatic heterocycles. The summed E-state index contributed by atoms with van der Waals surface area (Å²) < 4.78 is 19.3. The summed E-state index contributed by atoms with van der Waals surface area (Å²) in [5, 5.41) is 10.4. The Balaban J connectivity index is 1.91. The van der Waals surface area contributed by atoms with Gasteiger partial charge in [0.15, 0.2) is 0 Å². The lowest BCUT2D eigenvalue weighted by molar-refractivity contribution is -0.0960. The normalized spacial score (nSPS) is 21.8.